The molecule has 0 radical (unpaired) electrons. The number of carbonyl (C=O) groups excluding carboxylic acids is 1. The molecule has 0 atom stereocenters. The molecule has 0 fully saturated rings. The zero-order chi connectivity index (χ0) is 13.5. The molecule has 0 spiro atoms. The van der Waals surface area contributed by atoms with Crippen molar-refractivity contribution in [2.24, 2.45) is 0 Å². The van der Waals surface area contributed by atoms with E-state index < -0.39 is 5.97 Å². The van der Waals surface area contributed by atoms with Crippen molar-refractivity contribution >= 4 is 41.2 Å². The Balaban J connectivity index is 2.50. The molecule has 0 saturated carbocycles. The normalized spacial score (nSPS) is 10.6. The van der Waals surface area contributed by atoms with Crippen LogP contribution in [0.4, 0.5) is 0 Å². The van der Waals surface area contributed by atoms with Crippen LogP contribution in [-0.2, 0) is 9.59 Å². The zero-order valence-corrected chi connectivity index (χ0v) is 10.8. The number of hydrogen-bond acceptors (Lipinski definition) is 2. The van der Waals surface area contributed by atoms with Gasteiger partial charge in [-0.25, -0.2) is 0 Å². The number of carboxylic acids is 1. The van der Waals surface area contributed by atoms with Gasteiger partial charge in [-0.1, -0.05) is 29.3 Å². The Morgan fingerprint density at radius 2 is 2.00 bits per heavy atom. The van der Waals surface area contributed by atoms with Crippen molar-refractivity contribution in [3.8, 4) is 0 Å². The van der Waals surface area contributed by atoms with E-state index in [2.05, 4.69) is 5.32 Å². The summed E-state index contributed by atoms with van der Waals surface area (Å²) in [6.45, 7) is 0.0971. The molecule has 6 heteroatoms. The Morgan fingerprint density at radius 3 is 2.61 bits per heavy atom. The molecule has 0 heterocycles. The molecule has 1 aromatic carbocycles. The first-order chi connectivity index (χ1) is 8.49. The molecular formula is C12H11Cl2NO3. The quantitative estimate of drug-likeness (QED) is 0.818. The average Bonchev–Trinajstić information content (AvgIpc) is 2.30. The molecule has 0 aliphatic rings. The predicted molar refractivity (Wildman–Crippen MR) is 70.8 cm³/mol. The molecule has 0 saturated heterocycles. The van der Waals surface area contributed by atoms with Gasteiger partial charge in [-0.15, -0.1) is 0 Å². The summed E-state index contributed by atoms with van der Waals surface area (Å²) in [6, 6.07) is 4.98. The van der Waals surface area contributed by atoms with Crippen molar-refractivity contribution in [1.29, 1.82) is 0 Å². The first-order valence-electron chi connectivity index (χ1n) is 5.12. The lowest BCUT2D eigenvalue weighted by Gasteiger charge is -1.99. The SMILES string of the molecule is O=C(O)CCNC(=O)C=Cc1ccc(Cl)c(Cl)c1. The van der Waals surface area contributed by atoms with Gasteiger partial charge in [0.25, 0.3) is 0 Å². The van der Waals surface area contributed by atoms with Gasteiger partial charge in [0.15, 0.2) is 0 Å². The van der Waals surface area contributed by atoms with E-state index >= 15 is 0 Å². The maximum atomic E-state index is 11.3. The number of halogens is 2. The van der Waals surface area contributed by atoms with Gasteiger partial charge in [-0.05, 0) is 23.8 Å². The summed E-state index contributed by atoms with van der Waals surface area (Å²) < 4.78 is 0. The minimum absolute atomic E-state index is 0.0971. The predicted octanol–water partition coefficient (Wildman–Crippen LogP) is 2.60. The molecule has 0 aliphatic carbocycles. The van der Waals surface area contributed by atoms with Crippen LogP contribution in [0.15, 0.2) is 24.3 Å². The fraction of sp³-hybridized carbons (Fsp3) is 0.167. The summed E-state index contributed by atoms with van der Waals surface area (Å²) in [4.78, 5) is 21.5. The third kappa shape index (κ3) is 5.21. The Kier molecular flexibility index (Phi) is 5.68. The van der Waals surface area contributed by atoms with E-state index in [1.165, 1.54) is 6.08 Å². The van der Waals surface area contributed by atoms with E-state index in [4.69, 9.17) is 28.3 Å². The minimum atomic E-state index is -0.955. The summed E-state index contributed by atoms with van der Waals surface area (Å²) in [6.07, 6.45) is 2.77. The molecule has 0 unspecified atom stereocenters. The van der Waals surface area contributed by atoms with Crippen LogP contribution in [0.3, 0.4) is 0 Å². The van der Waals surface area contributed by atoms with Gasteiger partial charge in [0.2, 0.25) is 5.91 Å². The van der Waals surface area contributed by atoms with Gasteiger partial charge >= 0.3 is 5.97 Å². The van der Waals surface area contributed by atoms with Crippen LogP contribution in [0, 0.1) is 0 Å². The number of hydrogen-bond donors (Lipinski definition) is 2. The highest BCUT2D eigenvalue weighted by molar-refractivity contribution is 6.42. The fourth-order valence-corrected chi connectivity index (χ4v) is 1.45. The van der Waals surface area contributed by atoms with Crippen LogP contribution in [0.1, 0.15) is 12.0 Å². The van der Waals surface area contributed by atoms with Gasteiger partial charge < -0.3 is 10.4 Å². The Hall–Kier alpha value is -1.52. The third-order valence-corrected chi connectivity index (χ3v) is 2.75. The lowest BCUT2D eigenvalue weighted by atomic mass is 10.2. The van der Waals surface area contributed by atoms with E-state index in [-0.39, 0.29) is 18.9 Å². The largest absolute Gasteiger partial charge is 0.481 e. The van der Waals surface area contributed by atoms with Gasteiger partial charge in [-0.2, -0.15) is 0 Å². The van der Waals surface area contributed by atoms with E-state index in [1.807, 2.05) is 0 Å². The Bertz CT molecular complexity index is 486. The number of aliphatic carboxylic acids is 1. The van der Waals surface area contributed by atoms with Crippen LogP contribution in [-0.4, -0.2) is 23.5 Å². The highest BCUT2D eigenvalue weighted by atomic mass is 35.5. The summed E-state index contributed by atoms with van der Waals surface area (Å²) in [5.41, 5.74) is 0.734. The first kappa shape index (κ1) is 14.5. The monoisotopic (exact) mass is 287 g/mol. The van der Waals surface area contributed by atoms with Crippen molar-refractivity contribution in [3.63, 3.8) is 0 Å². The van der Waals surface area contributed by atoms with E-state index in [1.54, 1.807) is 24.3 Å². The second kappa shape index (κ2) is 7.03. The van der Waals surface area contributed by atoms with Crippen molar-refractivity contribution in [2.75, 3.05) is 6.54 Å². The van der Waals surface area contributed by atoms with Crippen molar-refractivity contribution in [2.45, 2.75) is 6.42 Å². The van der Waals surface area contributed by atoms with Crippen LogP contribution in [0.5, 0.6) is 0 Å². The second-order valence-electron chi connectivity index (χ2n) is 3.44. The molecule has 0 bridgehead atoms. The lowest BCUT2D eigenvalue weighted by molar-refractivity contribution is -0.136. The number of rotatable bonds is 5. The summed E-state index contributed by atoms with van der Waals surface area (Å²) in [5, 5.41) is 11.7. The van der Waals surface area contributed by atoms with Crippen molar-refractivity contribution < 1.29 is 14.7 Å². The number of nitrogens with one attached hydrogen (secondary N) is 1. The molecule has 18 heavy (non-hydrogen) atoms. The molecule has 4 nitrogen and oxygen atoms in total. The molecule has 2 N–H and O–H groups in total. The average molecular weight is 288 g/mol. The molecule has 0 aliphatic heterocycles. The first-order valence-corrected chi connectivity index (χ1v) is 5.87. The zero-order valence-electron chi connectivity index (χ0n) is 9.32. The highest BCUT2D eigenvalue weighted by Gasteiger charge is 2.00. The smallest absolute Gasteiger partial charge is 0.305 e. The molecule has 1 aromatic rings. The fourth-order valence-electron chi connectivity index (χ4n) is 1.14. The molecule has 96 valence electrons. The summed E-state index contributed by atoms with van der Waals surface area (Å²) >= 11 is 11.6. The summed E-state index contributed by atoms with van der Waals surface area (Å²) in [5.74, 6) is -1.31. The van der Waals surface area contributed by atoms with E-state index in [0.29, 0.717) is 10.0 Å². The molecule has 1 rings (SSSR count). The van der Waals surface area contributed by atoms with Gasteiger partial charge in [0, 0.05) is 12.6 Å². The molecule has 1 amide bonds. The maximum absolute atomic E-state index is 11.3. The molecular weight excluding hydrogens is 277 g/mol. The van der Waals surface area contributed by atoms with Crippen LogP contribution in [0.2, 0.25) is 10.0 Å². The standard InChI is InChI=1S/C12H11Cl2NO3/c13-9-3-1-8(7-10(9)14)2-4-11(16)15-6-5-12(17)18/h1-4,7H,5-6H2,(H,15,16)(H,17,18). The number of carbonyl (C=O) groups is 2. The lowest BCUT2D eigenvalue weighted by Crippen LogP contribution is -2.23. The third-order valence-electron chi connectivity index (χ3n) is 2.01. The van der Waals surface area contributed by atoms with Gasteiger partial charge in [0.1, 0.15) is 0 Å². The van der Waals surface area contributed by atoms with Gasteiger partial charge in [-0.3, -0.25) is 9.59 Å². The topological polar surface area (TPSA) is 66.4 Å². The number of carboxylic acid groups (broad SMARTS) is 1. The number of benzene rings is 1. The van der Waals surface area contributed by atoms with Crippen LogP contribution < -0.4 is 5.32 Å². The minimum Gasteiger partial charge on any atom is -0.481 e. The van der Waals surface area contributed by atoms with E-state index in [9.17, 15) is 9.59 Å². The maximum Gasteiger partial charge on any atom is 0.305 e. The molecule has 0 aromatic heterocycles. The highest BCUT2D eigenvalue weighted by Crippen LogP contribution is 2.22. The Labute approximate surface area is 114 Å². The summed E-state index contributed by atoms with van der Waals surface area (Å²) in [7, 11) is 0. The van der Waals surface area contributed by atoms with Crippen LogP contribution in [0.25, 0.3) is 6.08 Å². The number of amides is 1. The van der Waals surface area contributed by atoms with Crippen molar-refractivity contribution in [1.82, 2.24) is 5.32 Å². The van der Waals surface area contributed by atoms with Crippen molar-refractivity contribution in [3.05, 3.63) is 39.9 Å². The van der Waals surface area contributed by atoms with Gasteiger partial charge in [0.05, 0.1) is 16.5 Å². The van der Waals surface area contributed by atoms with E-state index in [0.717, 1.165) is 5.56 Å². The second-order valence-corrected chi connectivity index (χ2v) is 4.26. The van der Waals surface area contributed by atoms with Crippen LogP contribution >= 0.6 is 23.2 Å². The Morgan fingerprint density at radius 1 is 1.28 bits per heavy atom.